The average Bonchev–Trinajstić information content (AvgIpc) is 2.42. The number of anilines is 2. The van der Waals surface area contributed by atoms with Crippen molar-refractivity contribution in [1.82, 2.24) is 0 Å². The fraction of sp³-hybridized carbons (Fsp3) is 0. The number of nitro groups is 1. The third kappa shape index (κ3) is 3.24. The number of aromatic carboxylic acids is 1. The molecule has 0 atom stereocenters. The van der Waals surface area contributed by atoms with Gasteiger partial charge >= 0.3 is 5.97 Å². The van der Waals surface area contributed by atoms with Crippen molar-refractivity contribution >= 4 is 46.2 Å². The lowest BCUT2D eigenvalue weighted by Crippen LogP contribution is -2.02. The number of hydrogen-bond acceptors (Lipinski definition) is 4. The van der Waals surface area contributed by atoms with Crippen LogP contribution in [0.2, 0.25) is 10.0 Å². The van der Waals surface area contributed by atoms with Crippen LogP contribution in [-0.4, -0.2) is 16.0 Å². The quantitative estimate of drug-likeness (QED) is 0.643. The van der Waals surface area contributed by atoms with E-state index in [-0.39, 0.29) is 32.7 Å². The molecule has 0 aromatic heterocycles. The van der Waals surface area contributed by atoms with Gasteiger partial charge in [0, 0.05) is 6.07 Å². The van der Waals surface area contributed by atoms with Crippen molar-refractivity contribution in [2.75, 3.05) is 5.32 Å². The average molecular weight is 327 g/mol. The molecule has 2 N–H and O–H groups in total. The van der Waals surface area contributed by atoms with Crippen LogP contribution in [0.25, 0.3) is 0 Å². The number of nitro benzene ring substituents is 1. The Balaban J connectivity index is 2.53. The topological polar surface area (TPSA) is 92.5 Å². The lowest BCUT2D eigenvalue weighted by molar-refractivity contribution is -0.383. The molecule has 0 radical (unpaired) electrons. The monoisotopic (exact) mass is 326 g/mol. The molecule has 0 spiro atoms. The molecule has 0 aliphatic rings. The van der Waals surface area contributed by atoms with E-state index in [0.717, 1.165) is 18.2 Å². The molecule has 0 fully saturated rings. The molecule has 2 aromatic carbocycles. The van der Waals surface area contributed by atoms with Crippen molar-refractivity contribution in [2.24, 2.45) is 0 Å². The van der Waals surface area contributed by atoms with E-state index < -0.39 is 10.9 Å². The van der Waals surface area contributed by atoms with Crippen LogP contribution in [0.15, 0.2) is 36.4 Å². The number of rotatable bonds is 4. The third-order valence-corrected chi connectivity index (χ3v) is 3.29. The highest BCUT2D eigenvalue weighted by Crippen LogP contribution is 2.36. The highest BCUT2D eigenvalue weighted by Gasteiger charge is 2.18. The molecule has 2 aromatic rings. The van der Waals surface area contributed by atoms with Crippen LogP contribution in [0.1, 0.15) is 10.4 Å². The molecule has 21 heavy (non-hydrogen) atoms. The summed E-state index contributed by atoms with van der Waals surface area (Å²) in [5.41, 5.74) is -0.108. The summed E-state index contributed by atoms with van der Waals surface area (Å²) >= 11 is 12.0. The maximum Gasteiger partial charge on any atom is 0.335 e. The summed E-state index contributed by atoms with van der Waals surface area (Å²) in [7, 11) is 0. The molecule has 108 valence electrons. The number of halogens is 2. The smallest absolute Gasteiger partial charge is 0.335 e. The van der Waals surface area contributed by atoms with E-state index in [9.17, 15) is 14.9 Å². The Hall–Kier alpha value is -2.31. The molecular weight excluding hydrogens is 319 g/mol. The number of para-hydroxylation sites is 1. The van der Waals surface area contributed by atoms with Gasteiger partial charge in [0.2, 0.25) is 0 Å². The molecule has 0 saturated heterocycles. The normalized spacial score (nSPS) is 10.2. The Labute approximate surface area is 129 Å². The number of nitrogens with one attached hydrogen (secondary N) is 1. The largest absolute Gasteiger partial charge is 0.478 e. The molecule has 6 nitrogen and oxygen atoms in total. The maximum absolute atomic E-state index is 11.0. The van der Waals surface area contributed by atoms with Gasteiger partial charge in [0.1, 0.15) is 5.69 Å². The van der Waals surface area contributed by atoms with Crippen LogP contribution in [-0.2, 0) is 0 Å². The molecular formula is C13H8Cl2N2O4. The van der Waals surface area contributed by atoms with Gasteiger partial charge in [-0.05, 0) is 24.3 Å². The zero-order valence-electron chi connectivity index (χ0n) is 10.3. The van der Waals surface area contributed by atoms with Gasteiger partial charge in [0.15, 0.2) is 0 Å². The third-order valence-electron chi connectivity index (χ3n) is 2.66. The summed E-state index contributed by atoms with van der Waals surface area (Å²) in [6.45, 7) is 0. The van der Waals surface area contributed by atoms with Crippen LogP contribution >= 0.6 is 23.2 Å². The summed E-state index contributed by atoms with van der Waals surface area (Å²) < 4.78 is 0. The number of benzene rings is 2. The molecule has 0 unspecified atom stereocenters. The minimum Gasteiger partial charge on any atom is -0.478 e. The SMILES string of the molecule is O=C(O)c1ccc([N+](=O)[O-])c(Nc2c(Cl)cccc2Cl)c1. The standard InChI is InChI=1S/C13H8Cl2N2O4/c14-8-2-1-3-9(15)12(8)16-10-6-7(13(18)19)4-5-11(10)17(20)21/h1-6,16H,(H,18,19). The fourth-order valence-corrected chi connectivity index (χ4v) is 2.17. The van der Waals surface area contributed by atoms with Crippen LogP contribution in [0.3, 0.4) is 0 Å². The maximum atomic E-state index is 11.0. The van der Waals surface area contributed by atoms with E-state index in [4.69, 9.17) is 28.3 Å². The van der Waals surface area contributed by atoms with E-state index in [1.54, 1.807) is 18.2 Å². The van der Waals surface area contributed by atoms with Crippen molar-refractivity contribution in [3.05, 3.63) is 62.1 Å². The Morgan fingerprint density at radius 3 is 2.33 bits per heavy atom. The first kappa shape index (κ1) is 15.1. The van der Waals surface area contributed by atoms with Crippen LogP contribution in [0, 0.1) is 10.1 Å². The number of carboxylic acid groups (broad SMARTS) is 1. The first-order valence-corrected chi connectivity index (χ1v) is 6.38. The van der Waals surface area contributed by atoms with Gasteiger partial charge in [0.05, 0.1) is 26.2 Å². The van der Waals surface area contributed by atoms with Gasteiger partial charge in [-0.25, -0.2) is 4.79 Å². The zero-order valence-corrected chi connectivity index (χ0v) is 11.9. The van der Waals surface area contributed by atoms with Crippen molar-refractivity contribution in [1.29, 1.82) is 0 Å². The zero-order chi connectivity index (χ0) is 15.6. The van der Waals surface area contributed by atoms with E-state index in [2.05, 4.69) is 5.32 Å². The van der Waals surface area contributed by atoms with Crippen molar-refractivity contribution in [2.45, 2.75) is 0 Å². The number of carboxylic acids is 1. The van der Waals surface area contributed by atoms with Crippen LogP contribution in [0.4, 0.5) is 17.1 Å². The molecule has 0 amide bonds. The van der Waals surface area contributed by atoms with Gasteiger partial charge in [-0.2, -0.15) is 0 Å². The van der Waals surface area contributed by atoms with E-state index >= 15 is 0 Å². The molecule has 0 aliphatic heterocycles. The van der Waals surface area contributed by atoms with Gasteiger partial charge in [0.25, 0.3) is 5.69 Å². The number of nitrogens with zero attached hydrogens (tertiary/aromatic N) is 1. The Morgan fingerprint density at radius 1 is 1.19 bits per heavy atom. The number of carbonyl (C=O) groups is 1. The highest BCUT2D eigenvalue weighted by molar-refractivity contribution is 6.39. The highest BCUT2D eigenvalue weighted by atomic mass is 35.5. The summed E-state index contributed by atoms with van der Waals surface area (Å²) in [5.74, 6) is -1.20. The summed E-state index contributed by atoms with van der Waals surface area (Å²) in [5, 5.41) is 23.2. The lowest BCUT2D eigenvalue weighted by atomic mass is 10.1. The molecule has 0 heterocycles. The second kappa shape index (κ2) is 5.99. The summed E-state index contributed by atoms with van der Waals surface area (Å²) in [4.78, 5) is 21.4. The second-order valence-corrected chi connectivity index (χ2v) is 4.83. The van der Waals surface area contributed by atoms with Gasteiger partial charge in [-0.1, -0.05) is 29.3 Å². The van der Waals surface area contributed by atoms with Crippen LogP contribution < -0.4 is 5.32 Å². The molecule has 2 rings (SSSR count). The molecule has 0 bridgehead atoms. The van der Waals surface area contributed by atoms with Gasteiger partial charge in [-0.15, -0.1) is 0 Å². The lowest BCUT2D eigenvalue weighted by Gasteiger charge is -2.11. The summed E-state index contributed by atoms with van der Waals surface area (Å²) in [6.07, 6.45) is 0. The van der Waals surface area contributed by atoms with Gasteiger partial charge in [-0.3, -0.25) is 10.1 Å². The molecule has 8 heteroatoms. The minimum absolute atomic E-state index is 0.00472. The number of hydrogen-bond donors (Lipinski definition) is 2. The predicted molar refractivity (Wildman–Crippen MR) is 79.8 cm³/mol. The van der Waals surface area contributed by atoms with E-state index in [0.29, 0.717) is 0 Å². The Kier molecular flexibility index (Phi) is 4.30. The first-order valence-electron chi connectivity index (χ1n) is 5.63. The molecule has 0 saturated carbocycles. The van der Waals surface area contributed by atoms with Crippen molar-refractivity contribution < 1.29 is 14.8 Å². The van der Waals surface area contributed by atoms with Crippen LogP contribution in [0.5, 0.6) is 0 Å². The Morgan fingerprint density at radius 2 is 1.81 bits per heavy atom. The second-order valence-electron chi connectivity index (χ2n) is 4.02. The minimum atomic E-state index is -1.20. The predicted octanol–water partition coefficient (Wildman–Crippen LogP) is 4.34. The fourth-order valence-electron chi connectivity index (χ4n) is 1.68. The first-order chi connectivity index (χ1) is 9.90. The van der Waals surface area contributed by atoms with Gasteiger partial charge < -0.3 is 10.4 Å². The molecule has 0 aliphatic carbocycles. The summed E-state index contributed by atoms with van der Waals surface area (Å²) in [6, 6.07) is 8.15. The van der Waals surface area contributed by atoms with Crippen molar-refractivity contribution in [3.8, 4) is 0 Å². The van der Waals surface area contributed by atoms with E-state index in [1.807, 2.05) is 0 Å². The van der Waals surface area contributed by atoms with Crippen molar-refractivity contribution in [3.63, 3.8) is 0 Å². The van der Waals surface area contributed by atoms with E-state index in [1.165, 1.54) is 0 Å². The Bertz CT molecular complexity index is 714.